The topological polar surface area (TPSA) is 94.6 Å². The lowest BCUT2D eigenvalue weighted by Crippen LogP contribution is -2.68. The van der Waals surface area contributed by atoms with Crippen molar-refractivity contribution >= 4 is 23.5 Å². The summed E-state index contributed by atoms with van der Waals surface area (Å²) in [5.41, 5.74) is 1.35. The van der Waals surface area contributed by atoms with Gasteiger partial charge in [0.25, 0.3) is 0 Å². The highest BCUT2D eigenvalue weighted by Crippen LogP contribution is 2.76. The van der Waals surface area contributed by atoms with Crippen LogP contribution in [0.2, 0.25) is 0 Å². The average Bonchev–Trinajstić information content (AvgIpc) is 2.97. The molecule has 11 atom stereocenters. The van der Waals surface area contributed by atoms with E-state index in [-0.39, 0.29) is 45.4 Å². The number of esters is 2. The van der Waals surface area contributed by atoms with Crippen molar-refractivity contribution in [3.63, 3.8) is 0 Å². The Kier molecular flexibility index (Phi) is 8.08. The molecule has 1 aromatic heterocycles. The molecular formula is C39H56N2O5. The van der Waals surface area contributed by atoms with Crippen LogP contribution in [-0.2, 0) is 23.9 Å². The van der Waals surface area contributed by atoms with Gasteiger partial charge in [-0.15, -0.1) is 0 Å². The molecule has 1 heterocycles. The SMILES string of the molecule is CC(=O)O[C@H]1C[C@]2(C)[C@H]3CC=C4[C@@H]5[C@@H](C)[C@H](C)CC[C@]5(C(=O)Nc5cccnc5)CC[C@@]4(C)[C@]3(C)CC[C@H]2C(C)(C)[C@H]1OC(C)=O. The summed E-state index contributed by atoms with van der Waals surface area (Å²) < 4.78 is 12.0. The molecule has 0 aliphatic heterocycles. The fourth-order valence-corrected chi connectivity index (χ4v) is 12.4. The van der Waals surface area contributed by atoms with Crippen molar-refractivity contribution in [3.05, 3.63) is 36.2 Å². The van der Waals surface area contributed by atoms with E-state index in [2.05, 4.69) is 64.8 Å². The van der Waals surface area contributed by atoms with Crippen LogP contribution in [0, 0.1) is 56.7 Å². The minimum absolute atomic E-state index is 0.0137. The number of nitrogens with zero attached hydrogens (tertiary/aromatic N) is 1. The third kappa shape index (κ3) is 4.71. The summed E-state index contributed by atoms with van der Waals surface area (Å²) in [6.07, 6.45) is 12.7. The molecule has 0 aromatic carbocycles. The first-order valence-corrected chi connectivity index (χ1v) is 17.8. The van der Waals surface area contributed by atoms with E-state index in [0.717, 1.165) is 50.6 Å². The maximum atomic E-state index is 14.4. The van der Waals surface area contributed by atoms with Crippen LogP contribution in [0.25, 0.3) is 0 Å². The molecule has 0 unspecified atom stereocenters. The number of ether oxygens (including phenoxy) is 2. The maximum absolute atomic E-state index is 14.4. The number of carbonyl (C=O) groups is 3. The summed E-state index contributed by atoms with van der Waals surface area (Å²) >= 11 is 0. The van der Waals surface area contributed by atoms with Gasteiger partial charge < -0.3 is 14.8 Å². The van der Waals surface area contributed by atoms with Gasteiger partial charge in [0.05, 0.1) is 17.3 Å². The summed E-state index contributed by atoms with van der Waals surface area (Å²) in [4.78, 5) is 43.3. The molecule has 46 heavy (non-hydrogen) atoms. The second-order valence-corrected chi connectivity index (χ2v) is 17.2. The minimum Gasteiger partial charge on any atom is -0.459 e. The fraction of sp³-hybridized carbons (Fsp3) is 0.744. The van der Waals surface area contributed by atoms with Crippen LogP contribution in [0.3, 0.4) is 0 Å². The van der Waals surface area contributed by atoms with Crippen LogP contribution in [0.15, 0.2) is 36.2 Å². The number of pyridine rings is 1. The van der Waals surface area contributed by atoms with E-state index in [1.54, 1.807) is 12.4 Å². The molecule has 7 heteroatoms. The Labute approximate surface area is 276 Å². The lowest BCUT2D eigenvalue weighted by Gasteiger charge is -2.71. The normalized spacial score (nSPS) is 44.2. The molecule has 4 saturated carbocycles. The molecule has 5 aliphatic carbocycles. The monoisotopic (exact) mass is 632 g/mol. The first-order valence-electron chi connectivity index (χ1n) is 17.8. The summed E-state index contributed by atoms with van der Waals surface area (Å²) in [7, 11) is 0. The Morgan fingerprint density at radius 1 is 0.913 bits per heavy atom. The summed E-state index contributed by atoms with van der Waals surface area (Å²) in [6.45, 7) is 19.6. The van der Waals surface area contributed by atoms with Gasteiger partial charge in [-0.1, -0.05) is 60.1 Å². The molecule has 1 N–H and O–H groups in total. The van der Waals surface area contributed by atoms with Crippen LogP contribution in [0.5, 0.6) is 0 Å². The summed E-state index contributed by atoms with van der Waals surface area (Å²) in [5.74, 6) is 1.33. The van der Waals surface area contributed by atoms with E-state index in [4.69, 9.17) is 9.47 Å². The molecule has 7 nitrogen and oxygen atoms in total. The number of allylic oxidation sites excluding steroid dienone is 2. The number of nitrogens with one attached hydrogen (secondary N) is 1. The number of aromatic nitrogens is 1. The highest BCUT2D eigenvalue weighted by Gasteiger charge is 2.71. The lowest BCUT2D eigenvalue weighted by molar-refractivity contribution is -0.244. The number of fused-ring (bicyclic) bond motifs is 7. The van der Waals surface area contributed by atoms with Crippen molar-refractivity contribution in [2.45, 2.75) is 126 Å². The van der Waals surface area contributed by atoms with E-state index in [9.17, 15) is 14.4 Å². The van der Waals surface area contributed by atoms with Gasteiger partial charge in [-0.2, -0.15) is 0 Å². The highest BCUT2D eigenvalue weighted by molar-refractivity contribution is 5.96. The Hall–Kier alpha value is -2.70. The van der Waals surface area contributed by atoms with E-state index >= 15 is 0 Å². The fourth-order valence-electron chi connectivity index (χ4n) is 12.4. The van der Waals surface area contributed by atoms with E-state index in [0.29, 0.717) is 30.1 Å². The van der Waals surface area contributed by atoms with Crippen molar-refractivity contribution in [3.8, 4) is 0 Å². The average molecular weight is 633 g/mol. The Balaban J connectivity index is 1.41. The lowest BCUT2D eigenvalue weighted by atomic mass is 9.33. The van der Waals surface area contributed by atoms with Gasteiger partial charge >= 0.3 is 11.9 Å². The number of amides is 1. The van der Waals surface area contributed by atoms with Gasteiger partial charge in [0.15, 0.2) is 0 Å². The van der Waals surface area contributed by atoms with Gasteiger partial charge in [-0.05, 0) is 109 Å². The second-order valence-electron chi connectivity index (χ2n) is 17.2. The zero-order valence-corrected chi connectivity index (χ0v) is 29.6. The van der Waals surface area contributed by atoms with Gasteiger partial charge in [0, 0.05) is 25.5 Å². The molecule has 0 radical (unpaired) electrons. The van der Waals surface area contributed by atoms with Crippen LogP contribution >= 0.6 is 0 Å². The molecule has 4 fully saturated rings. The van der Waals surface area contributed by atoms with Crippen molar-refractivity contribution in [2.24, 2.45) is 56.7 Å². The van der Waals surface area contributed by atoms with Crippen LogP contribution in [-0.4, -0.2) is 35.0 Å². The molecule has 1 aromatic rings. The Morgan fingerprint density at radius 3 is 2.28 bits per heavy atom. The molecule has 0 bridgehead atoms. The number of anilines is 1. The molecule has 1 amide bonds. The zero-order valence-electron chi connectivity index (χ0n) is 29.6. The molecular weight excluding hydrogens is 576 g/mol. The quantitative estimate of drug-likeness (QED) is 0.266. The van der Waals surface area contributed by atoms with Crippen molar-refractivity contribution in [1.82, 2.24) is 4.98 Å². The number of rotatable bonds is 4. The zero-order chi connectivity index (χ0) is 33.4. The first kappa shape index (κ1) is 33.2. The molecule has 0 spiro atoms. The molecule has 252 valence electrons. The van der Waals surface area contributed by atoms with E-state index in [1.807, 2.05) is 12.1 Å². The van der Waals surface area contributed by atoms with E-state index in [1.165, 1.54) is 19.4 Å². The largest absolute Gasteiger partial charge is 0.459 e. The van der Waals surface area contributed by atoms with Crippen LogP contribution in [0.4, 0.5) is 5.69 Å². The Bertz CT molecular complexity index is 1420. The molecule has 0 saturated heterocycles. The van der Waals surface area contributed by atoms with Crippen LogP contribution < -0.4 is 5.32 Å². The van der Waals surface area contributed by atoms with Gasteiger partial charge in [0.2, 0.25) is 5.91 Å². The molecule has 5 aliphatic rings. The number of carbonyl (C=O) groups excluding carboxylic acids is 3. The number of hydrogen-bond acceptors (Lipinski definition) is 6. The highest BCUT2D eigenvalue weighted by atomic mass is 16.6. The van der Waals surface area contributed by atoms with Crippen LogP contribution in [0.1, 0.15) is 114 Å². The smallest absolute Gasteiger partial charge is 0.303 e. The number of hydrogen-bond donors (Lipinski definition) is 1. The molecule has 6 rings (SSSR count). The van der Waals surface area contributed by atoms with Gasteiger partial charge in [-0.3, -0.25) is 19.4 Å². The summed E-state index contributed by atoms with van der Waals surface area (Å²) in [5, 5.41) is 3.30. The maximum Gasteiger partial charge on any atom is 0.303 e. The first-order chi connectivity index (χ1) is 21.5. The Morgan fingerprint density at radius 2 is 1.63 bits per heavy atom. The van der Waals surface area contributed by atoms with Crippen molar-refractivity contribution in [2.75, 3.05) is 5.32 Å². The van der Waals surface area contributed by atoms with Crippen molar-refractivity contribution in [1.29, 1.82) is 0 Å². The third-order valence-corrected chi connectivity index (χ3v) is 14.8. The predicted octanol–water partition coefficient (Wildman–Crippen LogP) is 8.15. The van der Waals surface area contributed by atoms with Gasteiger partial charge in [-0.25, -0.2) is 0 Å². The second kappa shape index (κ2) is 11.2. The minimum atomic E-state index is -0.479. The summed E-state index contributed by atoms with van der Waals surface area (Å²) in [6, 6.07) is 3.81. The standard InChI is InChI=1S/C39H56N2O5/c1-23-14-17-39(34(44)41-27-11-10-20-40-22-27)19-18-37(8)28(32(39)24(23)2)12-13-31-36(7)21-29(45-25(3)42)33(46-26(4)43)35(5,6)30(36)15-16-38(31,37)9/h10-12,20,22-24,29-33H,13-19,21H2,1-9H3,(H,41,44)/t23-,24+,29+,30+,31-,32+,33+,36+,37-,38-,39+/m1/s1. The van der Waals surface area contributed by atoms with Gasteiger partial charge in [0.1, 0.15) is 12.2 Å². The third-order valence-electron chi connectivity index (χ3n) is 14.8. The van der Waals surface area contributed by atoms with E-state index < -0.39 is 17.6 Å². The predicted molar refractivity (Wildman–Crippen MR) is 178 cm³/mol. The van der Waals surface area contributed by atoms with Crippen molar-refractivity contribution < 1.29 is 23.9 Å².